The maximum Gasteiger partial charge on any atom is 0.320 e. The second-order valence-electron chi connectivity index (χ2n) is 5.49. The fourth-order valence-corrected chi connectivity index (χ4v) is 2.92. The molecule has 0 aromatic carbocycles. The lowest BCUT2D eigenvalue weighted by Crippen LogP contribution is -2.56. The molecular formula is C13H23N3O4. The van der Waals surface area contributed by atoms with Crippen LogP contribution in [0.2, 0.25) is 0 Å². The number of carbonyl (C=O) groups is 2. The molecule has 2 saturated heterocycles. The van der Waals surface area contributed by atoms with Gasteiger partial charge in [-0.3, -0.25) is 9.69 Å². The summed E-state index contributed by atoms with van der Waals surface area (Å²) in [6, 6.07) is -0.591. The molecule has 2 aliphatic rings. The number of aliphatic hydroxyl groups is 1. The second-order valence-corrected chi connectivity index (χ2v) is 5.49. The van der Waals surface area contributed by atoms with Gasteiger partial charge in [0.15, 0.2) is 0 Å². The van der Waals surface area contributed by atoms with Crippen LogP contribution in [0, 0.1) is 0 Å². The summed E-state index contributed by atoms with van der Waals surface area (Å²) < 4.78 is 0. The number of carbonyl (C=O) groups excluding carboxylic acids is 1. The lowest BCUT2D eigenvalue weighted by molar-refractivity contribution is -0.143. The van der Waals surface area contributed by atoms with E-state index in [2.05, 4.69) is 0 Å². The first kappa shape index (κ1) is 15.1. The Kier molecular flexibility index (Phi) is 4.82. The Morgan fingerprint density at radius 2 is 1.85 bits per heavy atom. The first-order valence-electron chi connectivity index (χ1n) is 7.18. The van der Waals surface area contributed by atoms with Crippen LogP contribution in [0.3, 0.4) is 0 Å². The smallest absolute Gasteiger partial charge is 0.320 e. The van der Waals surface area contributed by atoms with Crippen molar-refractivity contribution in [3.8, 4) is 0 Å². The van der Waals surface area contributed by atoms with E-state index in [9.17, 15) is 14.7 Å². The molecule has 7 heteroatoms. The van der Waals surface area contributed by atoms with Crippen LogP contribution in [0.5, 0.6) is 0 Å². The average Bonchev–Trinajstić information content (AvgIpc) is 2.94. The normalized spacial score (nSPS) is 25.8. The minimum atomic E-state index is -0.829. The van der Waals surface area contributed by atoms with Crippen LogP contribution in [-0.4, -0.2) is 88.3 Å². The van der Waals surface area contributed by atoms with Gasteiger partial charge in [-0.1, -0.05) is 0 Å². The monoisotopic (exact) mass is 285 g/mol. The van der Waals surface area contributed by atoms with Crippen LogP contribution in [0.25, 0.3) is 0 Å². The van der Waals surface area contributed by atoms with Gasteiger partial charge >= 0.3 is 12.0 Å². The van der Waals surface area contributed by atoms with Gasteiger partial charge in [-0.15, -0.1) is 0 Å². The third-order valence-corrected chi connectivity index (χ3v) is 4.32. The Hall–Kier alpha value is -1.34. The first-order valence-corrected chi connectivity index (χ1v) is 7.18. The van der Waals surface area contributed by atoms with Crippen LogP contribution in [-0.2, 0) is 4.79 Å². The zero-order valence-electron chi connectivity index (χ0n) is 11.9. The van der Waals surface area contributed by atoms with Crippen molar-refractivity contribution >= 4 is 12.0 Å². The topological polar surface area (TPSA) is 84.3 Å². The predicted molar refractivity (Wildman–Crippen MR) is 72.5 cm³/mol. The number of carboxylic acid groups (broad SMARTS) is 1. The largest absolute Gasteiger partial charge is 0.480 e. The third-order valence-electron chi connectivity index (χ3n) is 4.32. The summed E-state index contributed by atoms with van der Waals surface area (Å²) in [7, 11) is 0. The van der Waals surface area contributed by atoms with Gasteiger partial charge in [0.05, 0.1) is 12.6 Å². The number of amides is 2. The highest BCUT2D eigenvalue weighted by molar-refractivity contribution is 5.75. The highest BCUT2D eigenvalue weighted by Gasteiger charge is 2.33. The summed E-state index contributed by atoms with van der Waals surface area (Å²) in [5.74, 6) is -0.829. The summed E-state index contributed by atoms with van der Waals surface area (Å²) in [6.45, 7) is 4.64. The molecule has 0 saturated carbocycles. The number of aliphatic carboxylic acids is 1. The number of hydrogen-bond donors (Lipinski definition) is 2. The molecule has 2 N–H and O–H groups in total. The highest BCUT2D eigenvalue weighted by atomic mass is 16.4. The minimum Gasteiger partial charge on any atom is -0.480 e. The fourth-order valence-electron chi connectivity index (χ4n) is 2.92. The molecule has 2 aliphatic heterocycles. The van der Waals surface area contributed by atoms with Gasteiger partial charge < -0.3 is 20.0 Å². The van der Waals surface area contributed by atoms with E-state index in [1.165, 1.54) is 0 Å². The number of nitrogens with zero attached hydrogens (tertiary/aromatic N) is 3. The molecule has 0 aromatic rings. The molecule has 0 radical (unpaired) electrons. The number of rotatable bonds is 3. The minimum absolute atomic E-state index is 0.0156. The van der Waals surface area contributed by atoms with Crippen molar-refractivity contribution < 1.29 is 19.8 Å². The zero-order valence-corrected chi connectivity index (χ0v) is 11.9. The van der Waals surface area contributed by atoms with E-state index in [0.29, 0.717) is 32.7 Å². The van der Waals surface area contributed by atoms with Gasteiger partial charge in [0.2, 0.25) is 0 Å². The summed E-state index contributed by atoms with van der Waals surface area (Å²) in [6.07, 6.45) is 1.80. The Morgan fingerprint density at radius 1 is 1.20 bits per heavy atom. The van der Waals surface area contributed by atoms with Crippen molar-refractivity contribution in [3.63, 3.8) is 0 Å². The van der Waals surface area contributed by atoms with E-state index in [0.717, 1.165) is 12.8 Å². The first-order chi connectivity index (χ1) is 9.54. The number of urea groups is 1. The number of aliphatic hydroxyl groups excluding tert-OH is 1. The third kappa shape index (κ3) is 3.04. The molecule has 20 heavy (non-hydrogen) atoms. The molecule has 2 amide bonds. The molecule has 0 bridgehead atoms. The fraction of sp³-hybridized carbons (Fsp3) is 0.846. The summed E-state index contributed by atoms with van der Waals surface area (Å²) >= 11 is 0. The van der Waals surface area contributed by atoms with Crippen LogP contribution >= 0.6 is 0 Å². The maximum absolute atomic E-state index is 12.4. The standard InChI is InChI=1S/C13H23N3O4/c1-10(12(18)19)14-5-7-15(8-6-14)13(20)16-4-2-3-11(16)9-17/h10-11,17H,2-9H2,1H3,(H,18,19). The average molecular weight is 285 g/mol. The van der Waals surface area contributed by atoms with Crippen molar-refractivity contribution in [3.05, 3.63) is 0 Å². The van der Waals surface area contributed by atoms with Crippen LogP contribution in [0.4, 0.5) is 4.79 Å². The summed E-state index contributed by atoms with van der Waals surface area (Å²) in [5, 5.41) is 18.3. The number of likely N-dealkylation sites (tertiary alicyclic amines) is 1. The van der Waals surface area contributed by atoms with E-state index < -0.39 is 12.0 Å². The second kappa shape index (κ2) is 6.41. The van der Waals surface area contributed by atoms with E-state index >= 15 is 0 Å². The lowest BCUT2D eigenvalue weighted by Gasteiger charge is -2.39. The lowest BCUT2D eigenvalue weighted by atomic mass is 10.2. The molecule has 0 aliphatic carbocycles. The van der Waals surface area contributed by atoms with Crippen LogP contribution in [0.1, 0.15) is 19.8 Å². The molecule has 0 aromatic heterocycles. The summed E-state index contributed by atoms with van der Waals surface area (Å²) in [5.41, 5.74) is 0. The van der Waals surface area contributed by atoms with Crippen molar-refractivity contribution in [1.82, 2.24) is 14.7 Å². The molecule has 2 fully saturated rings. The number of piperazine rings is 1. The highest BCUT2D eigenvalue weighted by Crippen LogP contribution is 2.19. The zero-order chi connectivity index (χ0) is 14.7. The van der Waals surface area contributed by atoms with Gasteiger partial charge in [-0.05, 0) is 19.8 Å². The molecular weight excluding hydrogens is 262 g/mol. The van der Waals surface area contributed by atoms with E-state index in [1.54, 1.807) is 16.7 Å². The van der Waals surface area contributed by atoms with Gasteiger partial charge in [0.1, 0.15) is 6.04 Å². The Morgan fingerprint density at radius 3 is 2.40 bits per heavy atom. The van der Waals surface area contributed by atoms with Crippen molar-refractivity contribution in [2.75, 3.05) is 39.3 Å². The van der Waals surface area contributed by atoms with Crippen LogP contribution in [0.15, 0.2) is 0 Å². The van der Waals surface area contributed by atoms with Crippen molar-refractivity contribution in [1.29, 1.82) is 0 Å². The van der Waals surface area contributed by atoms with Gasteiger partial charge in [0.25, 0.3) is 0 Å². The predicted octanol–water partition coefficient (Wildman–Crippen LogP) is -0.346. The molecule has 7 nitrogen and oxygen atoms in total. The maximum atomic E-state index is 12.4. The SMILES string of the molecule is CC(C(=O)O)N1CCN(C(=O)N2CCCC2CO)CC1. The molecule has 2 rings (SSSR count). The van der Waals surface area contributed by atoms with Gasteiger partial charge in [-0.25, -0.2) is 4.79 Å². The number of hydrogen-bond acceptors (Lipinski definition) is 4. The van der Waals surface area contributed by atoms with Gasteiger partial charge in [-0.2, -0.15) is 0 Å². The molecule has 2 unspecified atom stereocenters. The molecule has 114 valence electrons. The molecule has 2 heterocycles. The van der Waals surface area contributed by atoms with E-state index in [-0.39, 0.29) is 18.7 Å². The molecule has 2 atom stereocenters. The molecule has 0 spiro atoms. The number of carboxylic acids is 1. The summed E-state index contributed by atoms with van der Waals surface area (Å²) in [4.78, 5) is 28.7. The van der Waals surface area contributed by atoms with E-state index in [1.807, 2.05) is 4.90 Å². The van der Waals surface area contributed by atoms with E-state index in [4.69, 9.17) is 5.11 Å². The quantitative estimate of drug-likeness (QED) is 0.741. The van der Waals surface area contributed by atoms with Gasteiger partial charge in [0, 0.05) is 32.7 Å². The Labute approximate surface area is 118 Å². The van der Waals surface area contributed by atoms with Crippen LogP contribution < -0.4 is 0 Å². The Balaban J connectivity index is 1.87. The Bertz CT molecular complexity index is 369. The van der Waals surface area contributed by atoms with Crippen molar-refractivity contribution in [2.45, 2.75) is 31.8 Å². The van der Waals surface area contributed by atoms with Crippen molar-refractivity contribution in [2.24, 2.45) is 0 Å².